The topological polar surface area (TPSA) is 95.2 Å². The minimum Gasteiger partial charge on any atom is -0.508 e. The van der Waals surface area contributed by atoms with Gasteiger partial charge in [-0.1, -0.05) is 12.1 Å². The number of anilines is 1. The Morgan fingerprint density at radius 2 is 1.98 bits per heavy atom. The third-order valence-electron chi connectivity index (χ3n) is 9.37. The molecule has 2 aromatic heterocycles. The Bertz CT molecular complexity index is 1780. The van der Waals surface area contributed by atoms with Crippen molar-refractivity contribution in [1.82, 2.24) is 19.8 Å². The van der Waals surface area contributed by atoms with Crippen LogP contribution < -0.4 is 15.3 Å². The Morgan fingerprint density at radius 1 is 1.12 bits per heavy atom. The normalized spacial score (nSPS) is 23.3. The van der Waals surface area contributed by atoms with Crippen molar-refractivity contribution >= 4 is 27.5 Å². The predicted molar refractivity (Wildman–Crippen MR) is 160 cm³/mol. The van der Waals surface area contributed by atoms with Crippen LogP contribution in [0.1, 0.15) is 31.2 Å². The molecule has 3 aliphatic heterocycles. The Morgan fingerprint density at radius 3 is 2.84 bits per heavy atom. The molecule has 43 heavy (non-hydrogen) atoms. The summed E-state index contributed by atoms with van der Waals surface area (Å²) in [5, 5.41) is 11.4. The highest BCUT2D eigenvalue weighted by Crippen LogP contribution is 2.41. The fourth-order valence-corrected chi connectivity index (χ4v) is 7.22. The molecular formula is C32H35F2N5O4. The number of fused-ring (bicyclic) bond motifs is 3. The summed E-state index contributed by atoms with van der Waals surface area (Å²) in [4.78, 5) is 29.7. The van der Waals surface area contributed by atoms with Crippen LogP contribution in [0.3, 0.4) is 0 Å². The van der Waals surface area contributed by atoms with E-state index in [1.54, 1.807) is 19.1 Å². The number of aromatic nitrogens is 2. The monoisotopic (exact) mass is 591 g/mol. The quantitative estimate of drug-likeness (QED) is 0.356. The van der Waals surface area contributed by atoms with Crippen molar-refractivity contribution in [2.75, 3.05) is 57.8 Å². The second-order valence-electron chi connectivity index (χ2n) is 12.2. The largest absolute Gasteiger partial charge is 0.508 e. The number of aromatic hydroxyl groups is 1. The Kier molecular flexibility index (Phi) is 6.97. The summed E-state index contributed by atoms with van der Waals surface area (Å²) in [6.45, 7) is 6.28. The molecule has 3 aliphatic rings. The molecule has 0 saturated carbocycles. The molecule has 7 rings (SSSR count). The molecule has 2 aromatic carbocycles. The van der Waals surface area contributed by atoms with Gasteiger partial charge in [0.25, 0.3) is 0 Å². The van der Waals surface area contributed by atoms with Gasteiger partial charge in [0.15, 0.2) is 5.82 Å². The lowest BCUT2D eigenvalue weighted by Gasteiger charge is -2.31. The molecule has 0 aliphatic carbocycles. The van der Waals surface area contributed by atoms with Crippen molar-refractivity contribution in [2.24, 2.45) is 0 Å². The Hall–Kier alpha value is -3.83. The van der Waals surface area contributed by atoms with Gasteiger partial charge in [0.05, 0.1) is 11.1 Å². The second-order valence-corrected chi connectivity index (χ2v) is 12.2. The maximum atomic E-state index is 15.1. The highest BCUT2D eigenvalue weighted by atomic mass is 19.1. The fraction of sp³-hybridized carbons (Fsp3) is 0.469. The number of phenolic OH excluding ortho intramolecular Hbond substituents is 1. The van der Waals surface area contributed by atoms with Crippen molar-refractivity contribution in [2.45, 2.75) is 44.3 Å². The zero-order valence-electron chi connectivity index (χ0n) is 24.4. The standard InChI is InChI=1S/C32H35F2N5O4/c1-19-27-26(30(41)43-28(19)23-15-22(40)14-20-6-3-7-24(34)25(20)23)29(38-10-5-9-37(2)12-13-38)36-31(35-27)42-18-32-8-4-11-39(32)17-21(33)16-32/h3,6-7,14-15,21,40H,4-5,8-13,16-18H2,1-2H3/t21-,32+/m1/s1. The van der Waals surface area contributed by atoms with Crippen LogP contribution in [-0.2, 0) is 0 Å². The minimum absolute atomic E-state index is 0.0839. The van der Waals surface area contributed by atoms with Crippen molar-refractivity contribution in [1.29, 1.82) is 0 Å². The van der Waals surface area contributed by atoms with Crippen LogP contribution >= 0.6 is 0 Å². The number of hydrogen-bond acceptors (Lipinski definition) is 9. The van der Waals surface area contributed by atoms with E-state index in [2.05, 4.69) is 21.7 Å². The van der Waals surface area contributed by atoms with Crippen LogP contribution in [0, 0.1) is 12.7 Å². The number of benzene rings is 2. The molecule has 11 heteroatoms. The van der Waals surface area contributed by atoms with Gasteiger partial charge in [-0.3, -0.25) is 4.90 Å². The summed E-state index contributed by atoms with van der Waals surface area (Å²) in [5.41, 5.74) is 0.0444. The fourth-order valence-electron chi connectivity index (χ4n) is 7.22. The summed E-state index contributed by atoms with van der Waals surface area (Å²) < 4.78 is 41.8. The SMILES string of the molecule is Cc1c(-c2cc(O)cc3cccc(F)c23)oc(=O)c2c(N3CCCN(C)CC3)nc(OC[C@@]34CCCN3C[C@H](F)C4)nc12. The molecule has 2 atom stereocenters. The first-order valence-electron chi connectivity index (χ1n) is 14.9. The molecule has 0 unspecified atom stereocenters. The van der Waals surface area contributed by atoms with Crippen molar-refractivity contribution in [3.63, 3.8) is 0 Å². The number of ether oxygens (including phenoxy) is 1. The molecule has 3 saturated heterocycles. The van der Waals surface area contributed by atoms with E-state index in [4.69, 9.17) is 19.1 Å². The van der Waals surface area contributed by atoms with Crippen molar-refractivity contribution in [3.05, 3.63) is 52.1 Å². The summed E-state index contributed by atoms with van der Waals surface area (Å²) in [5.74, 6) is -0.0363. The van der Waals surface area contributed by atoms with E-state index in [1.807, 2.05) is 0 Å². The van der Waals surface area contributed by atoms with Crippen LogP contribution in [-0.4, -0.2) is 89.5 Å². The Balaban J connectivity index is 1.39. The number of hydrogen-bond donors (Lipinski definition) is 1. The molecule has 0 amide bonds. The van der Waals surface area contributed by atoms with Crippen molar-refractivity contribution < 1.29 is 23.0 Å². The molecule has 4 aromatic rings. The van der Waals surface area contributed by atoms with Crippen LogP contribution in [0.5, 0.6) is 11.8 Å². The van der Waals surface area contributed by atoms with E-state index >= 15 is 4.39 Å². The third kappa shape index (κ3) is 4.88. The van der Waals surface area contributed by atoms with Gasteiger partial charge < -0.3 is 24.1 Å². The van der Waals surface area contributed by atoms with Gasteiger partial charge in [-0.25, -0.2) is 13.6 Å². The average Bonchev–Trinajstić information content (AvgIpc) is 3.41. The van der Waals surface area contributed by atoms with E-state index in [1.165, 1.54) is 18.2 Å². The summed E-state index contributed by atoms with van der Waals surface area (Å²) >= 11 is 0. The zero-order chi connectivity index (χ0) is 29.9. The number of nitrogens with zero attached hydrogens (tertiary/aromatic N) is 5. The first kappa shape index (κ1) is 28.0. The van der Waals surface area contributed by atoms with Gasteiger partial charge in [-0.15, -0.1) is 0 Å². The molecule has 0 radical (unpaired) electrons. The smallest absolute Gasteiger partial charge is 0.349 e. The van der Waals surface area contributed by atoms with Crippen LogP contribution in [0.2, 0.25) is 0 Å². The summed E-state index contributed by atoms with van der Waals surface area (Å²) in [7, 11) is 2.06. The molecule has 9 nitrogen and oxygen atoms in total. The third-order valence-corrected chi connectivity index (χ3v) is 9.37. The first-order chi connectivity index (χ1) is 20.7. The number of alkyl halides is 1. The van der Waals surface area contributed by atoms with Gasteiger partial charge in [-0.05, 0) is 69.9 Å². The number of aryl methyl sites for hydroxylation is 1. The van der Waals surface area contributed by atoms with Gasteiger partial charge in [0, 0.05) is 49.1 Å². The summed E-state index contributed by atoms with van der Waals surface area (Å²) in [6.07, 6.45) is 2.23. The van der Waals surface area contributed by atoms with Gasteiger partial charge in [0.2, 0.25) is 0 Å². The number of halogens is 2. The molecule has 1 N–H and O–H groups in total. The van der Waals surface area contributed by atoms with E-state index in [0.29, 0.717) is 48.3 Å². The maximum Gasteiger partial charge on any atom is 0.349 e. The second kappa shape index (κ2) is 10.7. The number of rotatable bonds is 5. The predicted octanol–water partition coefficient (Wildman–Crippen LogP) is 4.65. The molecule has 0 spiro atoms. The minimum atomic E-state index is -0.891. The number of likely N-dealkylation sites (N-methyl/N-ethyl adjacent to an activating group) is 1. The lowest BCUT2D eigenvalue weighted by atomic mass is 9.95. The number of phenols is 1. The Labute approximate surface area is 247 Å². The van der Waals surface area contributed by atoms with E-state index in [9.17, 15) is 14.3 Å². The molecular weight excluding hydrogens is 556 g/mol. The lowest BCUT2D eigenvalue weighted by Crippen LogP contribution is -2.43. The summed E-state index contributed by atoms with van der Waals surface area (Å²) in [6, 6.07) is 7.55. The first-order valence-corrected chi connectivity index (χ1v) is 14.9. The van der Waals surface area contributed by atoms with Crippen LogP contribution in [0.4, 0.5) is 14.6 Å². The van der Waals surface area contributed by atoms with E-state index < -0.39 is 23.2 Å². The van der Waals surface area contributed by atoms with Gasteiger partial charge in [0.1, 0.15) is 35.5 Å². The molecule has 0 bridgehead atoms. The maximum absolute atomic E-state index is 15.1. The van der Waals surface area contributed by atoms with Crippen LogP contribution in [0.25, 0.3) is 33.0 Å². The lowest BCUT2D eigenvalue weighted by molar-refractivity contribution is 0.107. The zero-order valence-corrected chi connectivity index (χ0v) is 24.4. The highest BCUT2D eigenvalue weighted by molar-refractivity contribution is 6.00. The van der Waals surface area contributed by atoms with Gasteiger partial charge >= 0.3 is 11.6 Å². The van der Waals surface area contributed by atoms with Gasteiger partial charge in [-0.2, -0.15) is 9.97 Å². The molecule has 3 fully saturated rings. The van der Waals surface area contributed by atoms with E-state index in [0.717, 1.165) is 38.9 Å². The molecule has 226 valence electrons. The average molecular weight is 592 g/mol. The molecule has 5 heterocycles. The van der Waals surface area contributed by atoms with Crippen LogP contribution in [0.15, 0.2) is 39.5 Å². The highest BCUT2D eigenvalue weighted by Gasteiger charge is 2.49. The van der Waals surface area contributed by atoms with Crippen molar-refractivity contribution in [3.8, 4) is 23.1 Å². The van der Waals surface area contributed by atoms with E-state index in [-0.39, 0.29) is 40.5 Å².